The highest BCUT2D eigenvalue weighted by molar-refractivity contribution is 6.08. The Morgan fingerprint density at radius 2 is 1.53 bits per heavy atom. The topological polar surface area (TPSA) is 52.7 Å². The zero-order valence-corrected chi connectivity index (χ0v) is 17.3. The molecule has 1 fully saturated rings. The molecule has 1 unspecified atom stereocenters. The molecule has 0 aliphatic carbocycles. The van der Waals surface area contributed by atoms with Crippen molar-refractivity contribution in [1.82, 2.24) is 15.1 Å². The Hall–Kier alpha value is -3.18. The van der Waals surface area contributed by atoms with Crippen LogP contribution >= 0.6 is 0 Å². The summed E-state index contributed by atoms with van der Waals surface area (Å²) in [6.45, 7) is 5.70. The molecule has 2 amide bonds. The fourth-order valence-corrected chi connectivity index (χ4v) is 4.00. The molecule has 0 radical (unpaired) electrons. The number of hydrogen-bond donors (Lipinski definition) is 1. The fourth-order valence-electron chi connectivity index (χ4n) is 4.00. The molecule has 3 aromatic rings. The third-order valence-electron chi connectivity index (χ3n) is 5.69. The number of benzene rings is 3. The van der Waals surface area contributed by atoms with Crippen molar-refractivity contribution in [2.45, 2.75) is 19.5 Å². The summed E-state index contributed by atoms with van der Waals surface area (Å²) in [5.74, 6) is -0.238. The number of nitrogens with one attached hydrogen (secondary N) is 1. The van der Waals surface area contributed by atoms with Gasteiger partial charge in [0.05, 0.1) is 0 Å². The number of carbonyl (C=O) groups is 2. The van der Waals surface area contributed by atoms with Gasteiger partial charge in [-0.2, -0.15) is 0 Å². The smallest absolute Gasteiger partial charge is 0.252 e. The first-order valence-corrected chi connectivity index (χ1v) is 10.5. The van der Waals surface area contributed by atoms with E-state index >= 15 is 0 Å². The fraction of sp³-hybridized carbons (Fsp3) is 0.280. The van der Waals surface area contributed by atoms with E-state index in [2.05, 4.69) is 34.5 Å². The minimum atomic E-state index is -0.558. The van der Waals surface area contributed by atoms with Crippen LogP contribution in [0, 0.1) is 0 Å². The molecule has 0 bridgehead atoms. The highest BCUT2D eigenvalue weighted by Gasteiger charge is 2.26. The van der Waals surface area contributed by atoms with Crippen LogP contribution in [0.5, 0.6) is 0 Å². The quantitative estimate of drug-likeness (QED) is 0.714. The molecule has 3 aromatic carbocycles. The van der Waals surface area contributed by atoms with Crippen LogP contribution in [0.2, 0.25) is 0 Å². The van der Waals surface area contributed by atoms with Gasteiger partial charge in [0.15, 0.2) is 0 Å². The third-order valence-corrected chi connectivity index (χ3v) is 5.69. The Labute approximate surface area is 177 Å². The zero-order valence-electron chi connectivity index (χ0n) is 17.3. The second-order valence-corrected chi connectivity index (χ2v) is 7.81. The van der Waals surface area contributed by atoms with E-state index in [4.69, 9.17) is 0 Å². The lowest BCUT2D eigenvalue weighted by molar-refractivity contribution is -0.134. The third kappa shape index (κ3) is 4.52. The summed E-state index contributed by atoms with van der Waals surface area (Å²) in [7, 11) is 0. The summed E-state index contributed by atoms with van der Waals surface area (Å²) in [6, 6.07) is 23.3. The van der Waals surface area contributed by atoms with Crippen LogP contribution in [-0.4, -0.2) is 53.8 Å². The van der Waals surface area contributed by atoms with Crippen LogP contribution < -0.4 is 5.32 Å². The number of fused-ring (bicyclic) bond motifs is 1. The normalized spacial score (nSPS) is 15.7. The van der Waals surface area contributed by atoms with Crippen LogP contribution in [0.25, 0.3) is 10.8 Å². The molecule has 1 N–H and O–H groups in total. The summed E-state index contributed by atoms with van der Waals surface area (Å²) in [4.78, 5) is 29.9. The summed E-state index contributed by atoms with van der Waals surface area (Å²) in [5.41, 5.74) is 1.88. The van der Waals surface area contributed by atoms with Crippen molar-refractivity contribution in [2.75, 3.05) is 26.2 Å². The molecular formula is C25H27N3O2. The lowest BCUT2D eigenvalue weighted by Gasteiger charge is -2.36. The molecule has 4 rings (SSSR count). The van der Waals surface area contributed by atoms with E-state index in [1.807, 2.05) is 47.4 Å². The lowest BCUT2D eigenvalue weighted by Crippen LogP contribution is -2.53. The molecule has 5 heteroatoms. The van der Waals surface area contributed by atoms with Crippen molar-refractivity contribution in [3.63, 3.8) is 0 Å². The molecule has 1 atom stereocenters. The van der Waals surface area contributed by atoms with Gasteiger partial charge in [0.1, 0.15) is 6.04 Å². The highest BCUT2D eigenvalue weighted by Crippen LogP contribution is 2.18. The molecule has 0 saturated carbocycles. The Balaban J connectivity index is 1.33. The SMILES string of the molecule is CC(NC(=O)c1cccc2ccccc12)C(=O)N1CCN(Cc2ccccc2)CC1. The van der Waals surface area contributed by atoms with Crippen molar-refractivity contribution in [3.8, 4) is 0 Å². The average Bonchev–Trinajstić information content (AvgIpc) is 2.79. The van der Waals surface area contributed by atoms with E-state index in [-0.39, 0.29) is 11.8 Å². The second-order valence-electron chi connectivity index (χ2n) is 7.81. The van der Waals surface area contributed by atoms with E-state index < -0.39 is 6.04 Å². The molecule has 1 saturated heterocycles. The van der Waals surface area contributed by atoms with Crippen molar-refractivity contribution in [3.05, 3.63) is 83.9 Å². The lowest BCUT2D eigenvalue weighted by atomic mass is 10.0. The molecule has 0 aromatic heterocycles. The van der Waals surface area contributed by atoms with Gasteiger partial charge in [0, 0.05) is 38.3 Å². The molecule has 30 heavy (non-hydrogen) atoms. The first kappa shape index (κ1) is 20.1. The van der Waals surface area contributed by atoms with Crippen LogP contribution in [-0.2, 0) is 11.3 Å². The molecule has 1 aliphatic heterocycles. The van der Waals surface area contributed by atoms with Crippen molar-refractivity contribution < 1.29 is 9.59 Å². The van der Waals surface area contributed by atoms with Crippen molar-refractivity contribution in [2.24, 2.45) is 0 Å². The van der Waals surface area contributed by atoms with Crippen LogP contribution in [0.1, 0.15) is 22.8 Å². The number of nitrogens with zero attached hydrogens (tertiary/aromatic N) is 2. The molecular weight excluding hydrogens is 374 g/mol. The van der Waals surface area contributed by atoms with E-state index in [1.165, 1.54) is 5.56 Å². The standard InChI is InChI=1S/C25H27N3O2/c1-19(26-24(29)23-13-7-11-21-10-5-6-12-22(21)23)25(30)28-16-14-27(15-17-28)18-20-8-3-2-4-9-20/h2-13,19H,14-18H2,1H3,(H,26,29). The molecule has 1 aliphatic rings. The number of carbonyl (C=O) groups excluding carboxylic acids is 2. The monoisotopic (exact) mass is 401 g/mol. The maximum Gasteiger partial charge on any atom is 0.252 e. The van der Waals surface area contributed by atoms with E-state index in [0.717, 1.165) is 30.4 Å². The first-order valence-electron chi connectivity index (χ1n) is 10.5. The predicted molar refractivity (Wildman–Crippen MR) is 119 cm³/mol. The second kappa shape index (κ2) is 9.09. The number of hydrogen-bond acceptors (Lipinski definition) is 3. The van der Waals surface area contributed by atoms with E-state index in [9.17, 15) is 9.59 Å². The van der Waals surface area contributed by atoms with Gasteiger partial charge >= 0.3 is 0 Å². The van der Waals surface area contributed by atoms with E-state index in [1.54, 1.807) is 13.0 Å². The average molecular weight is 402 g/mol. The van der Waals surface area contributed by atoms with Gasteiger partial charge < -0.3 is 10.2 Å². The Bertz CT molecular complexity index is 1020. The van der Waals surface area contributed by atoms with Crippen LogP contribution in [0.15, 0.2) is 72.8 Å². The van der Waals surface area contributed by atoms with Gasteiger partial charge in [0.2, 0.25) is 5.91 Å². The Morgan fingerprint density at radius 3 is 2.30 bits per heavy atom. The van der Waals surface area contributed by atoms with Gasteiger partial charge in [-0.1, -0.05) is 66.7 Å². The predicted octanol–water partition coefficient (Wildman–Crippen LogP) is 3.30. The van der Waals surface area contributed by atoms with Crippen LogP contribution in [0.4, 0.5) is 0 Å². The number of piperazine rings is 1. The maximum atomic E-state index is 12.9. The van der Waals surface area contributed by atoms with Gasteiger partial charge in [-0.3, -0.25) is 14.5 Å². The van der Waals surface area contributed by atoms with Gasteiger partial charge in [0.25, 0.3) is 5.91 Å². The summed E-state index contributed by atoms with van der Waals surface area (Å²) >= 11 is 0. The summed E-state index contributed by atoms with van der Waals surface area (Å²) in [5, 5.41) is 4.80. The van der Waals surface area contributed by atoms with Gasteiger partial charge in [-0.15, -0.1) is 0 Å². The van der Waals surface area contributed by atoms with Gasteiger partial charge in [-0.05, 0) is 29.3 Å². The zero-order chi connectivity index (χ0) is 20.9. The highest BCUT2D eigenvalue weighted by atomic mass is 16.2. The number of rotatable bonds is 5. The van der Waals surface area contributed by atoms with Crippen molar-refractivity contribution >= 4 is 22.6 Å². The maximum absolute atomic E-state index is 12.9. The van der Waals surface area contributed by atoms with E-state index in [0.29, 0.717) is 18.7 Å². The number of amides is 2. The summed E-state index contributed by atoms with van der Waals surface area (Å²) < 4.78 is 0. The minimum absolute atomic E-state index is 0.0250. The molecule has 5 nitrogen and oxygen atoms in total. The largest absolute Gasteiger partial charge is 0.341 e. The molecule has 154 valence electrons. The minimum Gasteiger partial charge on any atom is -0.341 e. The molecule has 1 heterocycles. The summed E-state index contributed by atoms with van der Waals surface area (Å²) in [6.07, 6.45) is 0. The Kier molecular flexibility index (Phi) is 6.10. The first-order chi connectivity index (χ1) is 14.6. The van der Waals surface area contributed by atoms with Gasteiger partial charge in [-0.25, -0.2) is 0 Å². The van der Waals surface area contributed by atoms with Crippen molar-refractivity contribution in [1.29, 1.82) is 0 Å². The van der Waals surface area contributed by atoms with Crippen LogP contribution in [0.3, 0.4) is 0 Å². The molecule has 0 spiro atoms. The Morgan fingerprint density at radius 1 is 0.867 bits per heavy atom.